The molecule has 0 aliphatic heterocycles. The Bertz CT molecular complexity index is 653. The minimum atomic E-state index is -0.517. The standard InChI is InChI=1S/C17H17NO4/c1-20-17(19)16(18-21-2)12-13-7-6-10-15(11-13)22-14-8-4-3-5-9-14/h3-12,18H,1-2H3. The summed E-state index contributed by atoms with van der Waals surface area (Å²) in [5.74, 6) is 0.893. The number of benzene rings is 2. The summed E-state index contributed by atoms with van der Waals surface area (Å²) in [7, 11) is 2.73. The van der Waals surface area contributed by atoms with E-state index in [0.717, 1.165) is 11.3 Å². The molecule has 0 fully saturated rings. The molecule has 5 heteroatoms. The van der Waals surface area contributed by atoms with Crippen LogP contribution in [-0.4, -0.2) is 20.2 Å². The summed E-state index contributed by atoms with van der Waals surface area (Å²) in [4.78, 5) is 16.4. The monoisotopic (exact) mass is 299 g/mol. The lowest BCUT2D eigenvalue weighted by Crippen LogP contribution is -2.20. The Morgan fingerprint density at radius 3 is 2.41 bits per heavy atom. The van der Waals surface area contributed by atoms with Crippen molar-refractivity contribution in [1.29, 1.82) is 0 Å². The number of methoxy groups -OCH3 is 1. The molecule has 5 nitrogen and oxygen atoms in total. The van der Waals surface area contributed by atoms with Crippen LogP contribution < -0.4 is 10.2 Å². The maximum absolute atomic E-state index is 11.6. The van der Waals surface area contributed by atoms with Crippen LogP contribution in [-0.2, 0) is 14.4 Å². The van der Waals surface area contributed by atoms with Gasteiger partial charge in [-0.3, -0.25) is 10.3 Å². The minimum absolute atomic E-state index is 0.196. The van der Waals surface area contributed by atoms with Gasteiger partial charge in [0.05, 0.1) is 14.2 Å². The van der Waals surface area contributed by atoms with Crippen molar-refractivity contribution in [1.82, 2.24) is 5.48 Å². The van der Waals surface area contributed by atoms with Crippen molar-refractivity contribution in [2.45, 2.75) is 0 Å². The zero-order valence-electron chi connectivity index (χ0n) is 12.4. The fourth-order valence-corrected chi connectivity index (χ4v) is 1.81. The Balaban J connectivity index is 2.21. The molecular formula is C17H17NO4. The summed E-state index contributed by atoms with van der Waals surface area (Å²) < 4.78 is 10.4. The SMILES string of the molecule is CONC(=Cc1cccc(Oc2ccccc2)c1)C(=O)OC. The van der Waals surface area contributed by atoms with Crippen LogP contribution >= 0.6 is 0 Å². The zero-order chi connectivity index (χ0) is 15.8. The quantitative estimate of drug-likeness (QED) is 0.504. The summed E-state index contributed by atoms with van der Waals surface area (Å²) in [6.45, 7) is 0. The molecule has 2 rings (SSSR count). The normalized spacial score (nSPS) is 10.9. The van der Waals surface area contributed by atoms with E-state index in [1.54, 1.807) is 6.08 Å². The molecule has 2 aromatic carbocycles. The third-order valence-corrected chi connectivity index (χ3v) is 2.77. The smallest absolute Gasteiger partial charge is 0.356 e. The number of carbonyl (C=O) groups excluding carboxylic acids is 1. The van der Waals surface area contributed by atoms with E-state index in [-0.39, 0.29) is 5.70 Å². The molecule has 0 saturated heterocycles. The highest BCUT2D eigenvalue weighted by molar-refractivity contribution is 5.92. The molecule has 1 N–H and O–H groups in total. The molecule has 114 valence electrons. The first-order chi connectivity index (χ1) is 10.7. The number of nitrogens with one attached hydrogen (secondary N) is 1. The Kier molecular flexibility index (Phi) is 5.57. The number of para-hydroxylation sites is 1. The summed E-state index contributed by atoms with van der Waals surface area (Å²) in [6.07, 6.45) is 1.62. The molecule has 0 heterocycles. The van der Waals surface area contributed by atoms with Crippen LogP contribution in [0.3, 0.4) is 0 Å². The van der Waals surface area contributed by atoms with Crippen LogP contribution in [0.25, 0.3) is 6.08 Å². The zero-order valence-corrected chi connectivity index (χ0v) is 12.4. The van der Waals surface area contributed by atoms with Crippen molar-refractivity contribution < 1.29 is 19.1 Å². The lowest BCUT2D eigenvalue weighted by Gasteiger charge is -2.08. The average Bonchev–Trinajstić information content (AvgIpc) is 2.55. The van der Waals surface area contributed by atoms with Gasteiger partial charge in [0, 0.05) is 0 Å². The van der Waals surface area contributed by atoms with E-state index in [1.165, 1.54) is 14.2 Å². The molecule has 0 bridgehead atoms. The van der Waals surface area contributed by atoms with E-state index >= 15 is 0 Å². The fraction of sp³-hybridized carbons (Fsp3) is 0.118. The van der Waals surface area contributed by atoms with Crippen molar-refractivity contribution in [3.05, 3.63) is 65.9 Å². The van der Waals surface area contributed by atoms with E-state index < -0.39 is 5.97 Å². The van der Waals surface area contributed by atoms with E-state index in [9.17, 15) is 4.79 Å². The summed E-state index contributed by atoms with van der Waals surface area (Å²) >= 11 is 0. The van der Waals surface area contributed by atoms with Gasteiger partial charge in [0.2, 0.25) is 0 Å². The second kappa shape index (κ2) is 7.85. The number of carbonyl (C=O) groups is 1. The lowest BCUT2D eigenvalue weighted by atomic mass is 10.2. The third kappa shape index (κ3) is 4.36. The molecule has 0 saturated carbocycles. The molecule has 0 amide bonds. The van der Waals surface area contributed by atoms with Gasteiger partial charge in [-0.2, -0.15) is 0 Å². The van der Waals surface area contributed by atoms with Crippen LogP contribution in [0, 0.1) is 0 Å². The van der Waals surface area contributed by atoms with Crippen molar-refractivity contribution in [2.24, 2.45) is 0 Å². The predicted octanol–water partition coefficient (Wildman–Crippen LogP) is 3.14. The topological polar surface area (TPSA) is 56.8 Å². The highest BCUT2D eigenvalue weighted by Crippen LogP contribution is 2.22. The van der Waals surface area contributed by atoms with Crippen LogP contribution in [0.2, 0.25) is 0 Å². The maximum atomic E-state index is 11.6. The Labute approximate surface area is 129 Å². The number of hydrogen-bond donors (Lipinski definition) is 1. The maximum Gasteiger partial charge on any atom is 0.356 e. The molecule has 0 unspecified atom stereocenters. The first-order valence-electron chi connectivity index (χ1n) is 6.65. The Hall–Kier alpha value is -2.79. The van der Waals surface area contributed by atoms with Crippen molar-refractivity contribution in [3.8, 4) is 11.5 Å². The molecular weight excluding hydrogens is 282 g/mol. The average molecular weight is 299 g/mol. The number of hydrogen-bond acceptors (Lipinski definition) is 5. The summed E-state index contributed by atoms with van der Waals surface area (Å²) in [5.41, 5.74) is 3.47. The van der Waals surface area contributed by atoms with E-state index in [4.69, 9.17) is 9.57 Å². The Morgan fingerprint density at radius 2 is 1.73 bits per heavy atom. The molecule has 0 spiro atoms. The molecule has 0 radical (unpaired) electrons. The highest BCUT2D eigenvalue weighted by atomic mass is 16.6. The molecule has 0 aliphatic rings. The Morgan fingerprint density at radius 1 is 1.00 bits per heavy atom. The first-order valence-corrected chi connectivity index (χ1v) is 6.65. The third-order valence-electron chi connectivity index (χ3n) is 2.77. The van der Waals surface area contributed by atoms with Gasteiger partial charge in [0.1, 0.15) is 17.2 Å². The van der Waals surface area contributed by atoms with Gasteiger partial charge in [-0.05, 0) is 35.9 Å². The van der Waals surface area contributed by atoms with Gasteiger partial charge >= 0.3 is 5.97 Å². The van der Waals surface area contributed by atoms with Crippen LogP contribution in [0.1, 0.15) is 5.56 Å². The van der Waals surface area contributed by atoms with Gasteiger partial charge in [-0.1, -0.05) is 30.3 Å². The number of hydroxylamine groups is 1. The second-order valence-corrected chi connectivity index (χ2v) is 4.34. The van der Waals surface area contributed by atoms with Crippen LogP contribution in [0.5, 0.6) is 11.5 Å². The number of esters is 1. The number of rotatable bonds is 6. The summed E-state index contributed by atoms with van der Waals surface area (Å²) in [6, 6.07) is 16.8. The molecule has 0 atom stereocenters. The predicted molar refractivity (Wildman–Crippen MR) is 83.1 cm³/mol. The lowest BCUT2D eigenvalue weighted by molar-refractivity contribution is -0.137. The van der Waals surface area contributed by atoms with E-state index in [2.05, 4.69) is 10.2 Å². The number of ether oxygens (including phenoxy) is 2. The van der Waals surface area contributed by atoms with Gasteiger partial charge in [0.15, 0.2) is 0 Å². The van der Waals surface area contributed by atoms with Crippen LogP contribution in [0.15, 0.2) is 60.3 Å². The van der Waals surface area contributed by atoms with E-state index in [0.29, 0.717) is 5.75 Å². The van der Waals surface area contributed by atoms with Gasteiger partial charge < -0.3 is 9.47 Å². The van der Waals surface area contributed by atoms with E-state index in [1.807, 2.05) is 54.6 Å². The minimum Gasteiger partial charge on any atom is -0.464 e. The second-order valence-electron chi connectivity index (χ2n) is 4.34. The van der Waals surface area contributed by atoms with Crippen LogP contribution in [0.4, 0.5) is 0 Å². The van der Waals surface area contributed by atoms with Gasteiger partial charge in [-0.25, -0.2) is 4.79 Å². The van der Waals surface area contributed by atoms with Crippen molar-refractivity contribution in [3.63, 3.8) is 0 Å². The molecule has 0 aliphatic carbocycles. The highest BCUT2D eigenvalue weighted by Gasteiger charge is 2.09. The fourth-order valence-electron chi connectivity index (χ4n) is 1.81. The van der Waals surface area contributed by atoms with Crippen molar-refractivity contribution in [2.75, 3.05) is 14.2 Å². The van der Waals surface area contributed by atoms with Crippen molar-refractivity contribution >= 4 is 12.0 Å². The molecule has 0 aromatic heterocycles. The van der Waals surface area contributed by atoms with Gasteiger partial charge in [0.25, 0.3) is 0 Å². The van der Waals surface area contributed by atoms with Gasteiger partial charge in [-0.15, -0.1) is 0 Å². The molecule has 22 heavy (non-hydrogen) atoms. The molecule has 2 aromatic rings. The largest absolute Gasteiger partial charge is 0.464 e. The summed E-state index contributed by atoms with van der Waals surface area (Å²) in [5, 5.41) is 0. The first kappa shape index (κ1) is 15.6.